The lowest BCUT2D eigenvalue weighted by molar-refractivity contribution is 0.0960. The van der Waals surface area contributed by atoms with E-state index in [4.69, 9.17) is 11.6 Å². The van der Waals surface area contributed by atoms with E-state index < -0.39 is 0 Å². The fraction of sp³-hybridized carbons (Fsp3) is 0.154. The highest BCUT2D eigenvalue weighted by atomic mass is 35.5. The van der Waals surface area contributed by atoms with Gasteiger partial charge < -0.3 is 5.32 Å². The lowest BCUT2D eigenvalue weighted by Crippen LogP contribution is -2.21. The normalized spacial score (nSPS) is 10.2. The van der Waals surface area contributed by atoms with Gasteiger partial charge in [-0.3, -0.25) is 4.79 Å². The molecule has 4 heteroatoms. The van der Waals surface area contributed by atoms with E-state index in [9.17, 15) is 4.79 Å². The molecule has 0 bridgehead atoms. The predicted molar refractivity (Wildman–Crippen MR) is 72.8 cm³/mol. The molecule has 0 saturated heterocycles. The van der Waals surface area contributed by atoms with Crippen LogP contribution in [0.25, 0.3) is 10.4 Å². The highest BCUT2D eigenvalue weighted by molar-refractivity contribution is 7.17. The van der Waals surface area contributed by atoms with Crippen LogP contribution in [0.1, 0.15) is 16.6 Å². The summed E-state index contributed by atoms with van der Waals surface area (Å²) in [6.07, 6.45) is 0. The van der Waals surface area contributed by atoms with Crippen molar-refractivity contribution in [1.82, 2.24) is 5.32 Å². The van der Waals surface area contributed by atoms with E-state index in [-0.39, 0.29) is 5.91 Å². The Labute approximate surface area is 109 Å². The van der Waals surface area contributed by atoms with Crippen LogP contribution >= 0.6 is 22.9 Å². The second-order valence-corrected chi connectivity index (χ2v) is 5.05. The molecule has 0 radical (unpaired) electrons. The molecule has 0 aliphatic carbocycles. The molecule has 0 spiro atoms. The molecule has 0 saturated carbocycles. The van der Waals surface area contributed by atoms with Gasteiger partial charge in [-0.1, -0.05) is 23.7 Å². The Morgan fingerprint density at radius 2 is 2.18 bits per heavy atom. The number of amides is 1. The smallest absolute Gasteiger partial charge is 0.261 e. The third-order valence-electron chi connectivity index (χ3n) is 2.28. The van der Waals surface area contributed by atoms with Crippen molar-refractivity contribution in [1.29, 1.82) is 0 Å². The van der Waals surface area contributed by atoms with Gasteiger partial charge in [-0.25, -0.2) is 0 Å². The maximum atomic E-state index is 11.6. The molecule has 0 atom stereocenters. The SMILES string of the molecule is CCNC(=O)c1ccc(-c2cccc(Cl)c2)s1. The molecular weight excluding hydrogens is 254 g/mol. The molecule has 17 heavy (non-hydrogen) atoms. The summed E-state index contributed by atoms with van der Waals surface area (Å²) >= 11 is 7.41. The molecule has 1 aromatic heterocycles. The number of hydrogen-bond acceptors (Lipinski definition) is 2. The highest BCUT2D eigenvalue weighted by Gasteiger charge is 2.09. The third-order valence-corrected chi connectivity index (χ3v) is 3.64. The minimum absolute atomic E-state index is 0.0224. The van der Waals surface area contributed by atoms with Crippen LogP contribution in [0.5, 0.6) is 0 Å². The molecule has 1 amide bonds. The molecule has 1 N–H and O–H groups in total. The van der Waals surface area contributed by atoms with E-state index in [0.29, 0.717) is 11.6 Å². The van der Waals surface area contributed by atoms with Crippen molar-refractivity contribution in [3.8, 4) is 10.4 Å². The Hall–Kier alpha value is -1.32. The summed E-state index contributed by atoms with van der Waals surface area (Å²) in [6.45, 7) is 2.55. The molecule has 0 aliphatic rings. The zero-order chi connectivity index (χ0) is 12.3. The first-order valence-corrected chi connectivity index (χ1v) is 6.54. The van der Waals surface area contributed by atoms with Gasteiger partial charge in [-0.05, 0) is 36.8 Å². The highest BCUT2D eigenvalue weighted by Crippen LogP contribution is 2.29. The van der Waals surface area contributed by atoms with Gasteiger partial charge in [-0.2, -0.15) is 0 Å². The van der Waals surface area contributed by atoms with Gasteiger partial charge in [0.2, 0.25) is 0 Å². The number of halogens is 1. The van der Waals surface area contributed by atoms with Crippen molar-refractivity contribution in [2.45, 2.75) is 6.92 Å². The summed E-state index contributed by atoms with van der Waals surface area (Å²) in [7, 11) is 0. The van der Waals surface area contributed by atoms with E-state index in [1.807, 2.05) is 43.3 Å². The van der Waals surface area contributed by atoms with Crippen LogP contribution in [0.15, 0.2) is 36.4 Å². The van der Waals surface area contributed by atoms with Crippen molar-refractivity contribution >= 4 is 28.8 Å². The van der Waals surface area contributed by atoms with Crippen LogP contribution in [0, 0.1) is 0 Å². The molecule has 2 nitrogen and oxygen atoms in total. The second kappa shape index (κ2) is 5.34. The average molecular weight is 266 g/mol. The Bertz CT molecular complexity index is 536. The van der Waals surface area contributed by atoms with Crippen LogP contribution in [0.2, 0.25) is 5.02 Å². The second-order valence-electron chi connectivity index (χ2n) is 3.53. The molecule has 1 aromatic carbocycles. The van der Waals surface area contributed by atoms with Crippen LogP contribution in [-0.2, 0) is 0 Å². The Kier molecular flexibility index (Phi) is 3.82. The molecule has 88 valence electrons. The zero-order valence-corrected chi connectivity index (χ0v) is 10.9. The minimum Gasteiger partial charge on any atom is -0.352 e. The van der Waals surface area contributed by atoms with Gasteiger partial charge in [0.1, 0.15) is 0 Å². The number of thiophene rings is 1. The fourth-order valence-corrected chi connectivity index (χ4v) is 2.61. The number of carbonyl (C=O) groups is 1. The van der Waals surface area contributed by atoms with E-state index in [1.54, 1.807) is 0 Å². The molecule has 0 unspecified atom stereocenters. The largest absolute Gasteiger partial charge is 0.352 e. The van der Waals surface area contributed by atoms with Gasteiger partial charge >= 0.3 is 0 Å². The number of benzene rings is 1. The number of hydrogen-bond donors (Lipinski definition) is 1. The van der Waals surface area contributed by atoms with Crippen LogP contribution in [0.4, 0.5) is 0 Å². The average Bonchev–Trinajstić information content (AvgIpc) is 2.78. The summed E-state index contributed by atoms with van der Waals surface area (Å²) in [5, 5.41) is 3.49. The first-order chi connectivity index (χ1) is 8.20. The molecule has 2 rings (SSSR count). The Morgan fingerprint density at radius 1 is 1.35 bits per heavy atom. The maximum absolute atomic E-state index is 11.6. The molecule has 0 fully saturated rings. The summed E-state index contributed by atoms with van der Waals surface area (Å²) in [5.41, 5.74) is 1.04. The van der Waals surface area contributed by atoms with Crippen molar-refractivity contribution in [3.63, 3.8) is 0 Å². The zero-order valence-electron chi connectivity index (χ0n) is 9.37. The van der Waals surface area contributed by atoms with Crippen molar-refractivity contribution in [2.75, 3.05) is 6.54 Å². The topological polar surface area (TPSA) is 29.1 Å². The van der Waals surface area contributed by atoms with E-state index in [1.165, 1.54) is 11.3 Å². The quantitative estimate of drug-likeness (QED) is 0.898. The summed E-state index contributed by atoms with van der Waals surface area (Å²) in [4.78, 5) is 13.4. The van der Waals surface area contributed by atoms with E-state index >= 15 is 0 Å². The van der Waals surface area contributed by atoms with Crippen molar-refractivity contribution in [2.24, 2.45) is 0 Å². The summed E-state index contributed by atoms with van der Waals surface area (Å²) in [6, 6.07) is 11.4. The maximum Gasteiger partial charge on any atom is 0.261 e. The van der Waals surface area contributed by atoms with Crippen molar-refractivity contribution in [3.05, 3.63) is 46.3 Å². The van der Waals surface area contributed by atoms with Crippen molar-refractivity contribution < 1.29 is 4.79 Å². The van der Waals surface area contributed by atoms with Gasteiger partial charge in [-0.15, -0.1) is 11.3 Å². The molecule has 1 heterocycles. The predicted octanol–water partition coefficient (Wildman–Crippen LogP) is 3.82. The lowest BCUT2D eigenvalue weighted by Gasteiger charge is -1.98. The van der Waals surface area contributed by atoms with Crippen LogP contribution in [-0.4, -0.2) is 12.5 Å². The first-order valence-electron chi connectivity index (χ1n) is 5.34. The van der Waals surface area contributed by atoms with Gasteiger partial charge in [0.15, 0.2) is 0 Å². The molecule has 0 aliphatic heterocycles. The van der Waals surface area contributed by atoms with E-state index in [0.717, 1.165) is 15.3 Å². The Morgan fingerprint density at radius 3 is 2.88 bits per heavy atom. The monoisotopic (exact) mass is 265 g/mol. The Balaban J connectivity index is 2.27. The molecule has 2 aromatic rings. The number of carbonyl (C=O) groups excluding carboxylic acids is 1. The summed E-state index contributed by atoms with van der Waals surface area (Å²) in [5.74, 6) is -0.0224. The number of rotatable bonds is 3. The molecular formula is C13H12ClNOS. The van der Waals surface area contributed by atoms with E-state index in [2.05, 4.69) is 5.32 Å². The van der Waals surface area contributed by atoms with Gasteiger partial charge in [0.25, 0.3) is 5.91 Å². The first kappa shape index (κ1) is 12.1. The lowest BCUT2D eigenvalue weighted by atomic mass is 10.2. The van der Waals surface area contributed by atoms with Gasteiger partial charge in [0, 0.05) is 16.4 Å². The summed E-state index contributed by atoms with van der Waals surface area (Å²) < 4.78 is 0. The fourth-order valence-electron chi connectivity index (χ4n) is 1.50. The standard InChI is InChI=1S/C13H12ClNOS/c1-2-15-13(16)12-7-6-11(17-12)9-4-3-5-10(14)8-9/h3-8H,2H2,1H3,(H,15,16). The van der Waals surface area contributed by atoms with Crippen LogP contribution < -0.4 is 5.32 Å². The third kappa shape index (κ3) is 2.87. The van der Waals surface area contributed by atoms with Gasteiger partial charge in [0.05, 0.1) is 4.88 Å². The minimum atomic E-state index is -0.0224. The number of nitrogens with one attached hydrogen (secondary N) is 1. The van der Waals surface area contributed by atoms with Crippen LogP contribution in [0.3, 0.4) is 0 Å².